The summed E-state index contributed by atoms with van der Waals surface area (Å²) in [7, 11) is 0. The van der Waals surface area contributed by atoms with E-state index in [2.05, 4.69) is 41.7 Å². The van der Waals surface area contributed by atoms with E-state index in [0.29, 0.717) is 5.92 Å². The minimum absolute atomic E-state index is 0.615. The Hall–Kier alpha value is -0.830. The summed E-state index contributed by atoms with van der Waals surface area (Å²) < 4.78 is 2.24. The molecule has 2 nitrogen and oxygen atoms in total. The molecule has 2 aromatic heterocycles. The van der Waals surface area contributed by atoms with E-state index < -0.39 is 0 Å². The molecule has 0 aliphatic rings. The van der Waals surface area contributed by atoms with E-state index in [0.717, 1.165) is 4.96 Å². The number of imidazole rings is 1. The zero-order chi connectivity index (χ0) is 10.1. The highest BCUT2D eigenvalue weighted by molar-refractivity contribution is 7.15. The lowest BCUT2D eigenvalue weighted by atomic mass is 10.0. The zero-order valence-electron chi connectivity index (χ0n) is 8.95. The van der Waals surface area contributed by atoms with Crippen LogP contribution in [0.4, 0.5) is 0 Å². The van der Waals surface area contributed by atoms with Crippen LogP contribution in [0.1, 0.15) is 44.0 Å². The number of aryl methyl sites for hydroxylation is 1. The highest BCUT2D eigenvalue weighted by atomic mass is 32.1. The van der Waals surface area contributed by atoms with Crippen molar-refractivity contribution in [3.63, 3.8) is 0 Å². The molecule has 0 aliphatic carbocycles. The summed E-state index contributed by atoms with van der Waals surface area (Å²) in [4.78, 5) is 5.68. The number of fused-ring (bicyclic) bond motifs is 1. The molecule has 0 radical (unpaired) electrons. The Morgan fingerprint density at radius 1 is 1.57 bits per heavy atom. The van der Waals surface area contributed by atoms with Gasteiger partial charge in [0.15, 0.2) is 4.96 Å². The fourth-order valence-electron chi connectivity index (χ4n) is 2.08. The van der Waals surface area contributed by atoms with Gasteiger partial charge in [0.2, 0.25) is 0 Å². The van der Waals surface area contributed by atoms with E-state index >= 15 is 0 Å². The van der Waals surface area contributed by atoms with E-state index in [9.17, 15) is 0 Å². The molecule has 0 amide bonds. The molecule has 2 rings (SSSR count). The lowest BCUT2D eigenvalue weighted by Crippen LogP contribution is -1.98. The van der Waals surface area contributed by atoms with E-state index in [1.165, 1.54) is 24.2 Å². The Morgan fingerprint density at radius 3 is 3.07 bits per heavy atom. The van der Waals surface area contributed by atoms with Crippen molar-refractivity contribution >= 4 is 16.3 Å². The first kappa shape index (κ1) is 9.71. The Labute approximate surface area is 88.6 Å². The maximum atomic E-state index is 4.56. The number of hydrogen-bond acceptors (Lipinski definition) is 2. The lowest BCUT2D eigenvalue weighted by Gasteiger charge is -2.09. The number of aromatic nitrogens is 2. The van der Waals surface area contributed by atoms with E-state index in [4.69, 9.17) is 0 Å². The Kier molecular flexibility index (Phi) is 2.59. The minimum Gasteiger partial charge on any atom is -0.294 e. The average Bonchev–Trinajstić information content (AvgIpc) is 2.63. The molecular formula is C11H16N2S. The van der Waals surface area contributed by atoms with Gasteiger partial charge in [-0.25, -0.2) is 4.98 Å². The molecule has 0 saturated carbocycles. The molecular weight excluding hydrogens is 192 g/mol. The molecule has 2 aromatic rings. The molecule has 14 heavy (non-hydrogen) atoms. The van der Waals surface area contributed by atoms with Crippen molar-refractivity contribution in [2.75, 3.05) is 0 Å². The topological polar surface area (TPSA) is 17.3 Å². The maximum Gasteiger partial charge on any atom is 0.194 e. The Bertz CT molecular complexity index is 427. The lowest BCUT2D eigenvalue weighted by molar-refractivity contribution is 0.639. The van der Waals surface area contributed by atoms with Gasteiger partial charge in [0.25, 0.3) is 0 Å². The molecule has 3 heteroatoms. The molecule has 76 valence electrons. The first-order valence-corrected chi connectivity index (χ1v) is 6.04. The van der Waals surface area contributed by atoms with Gasteiger partial charge in [-0.2, -0.15) is 0 Å². The third kappa shape index (κ3) is 1.46. The predicted molar refractivity (Wildman–Crippen MR) is 61.1 cm³/mol. The molecule has 0 aromatic carbocycles. The van der Waals surface area contributed by atoms with Crippen LogP contribution in [0.25, 0.3) is 4.96 Å². The van der Waals surface area contributed by atoms with Crippen LogP contribution >= 0.6 is 11.3 Å². The average molecular weight is 208 g/mol. The smallest absolute Gasteiger partial charge is 0.194 e. The summed E-state index contributed by atoms with van der Waals surface area (Å²) in [6.07, 6.45) is 4.60. The molecule has 0 fully saturated rings. The van der Waals surface area contributed by atoms with Crippen LogP contribution in [0.3, 0.4) is 0 Å². The molecule has 1 atom stereocenters. The van der Waals surface area contributed by atoms with Crippen LogP contribution in [-0.2, 0) is 0 Å². The first-order valence-electron chi connectivity index (χ1n) is 5.16. The van der Waals surface area contributed by atoms with Crippen LogP contribution in [0.15, 0.2) is 11.6 Å². The van der Waals surface area contributed by atoms with Crippen LogP contribution < -0.4 is 0 Å². The van der Waals surface area contributed by atoms with Gasteiger partial charge in [-0.05, 0) is 19.3 Å². The SMILES string of the molecule is CCCC(C)c1c(C)nc2sccn12. The molecule has 0 bridgehead atoms. The van der Waals surface area contributed by atoms with Gasteiger partial charge >= 0.3 is 0 Å². The van der Waals surface area contributed by atoms with Crippen molar-refractivity contribution in [1.82, 2.24) is 9.38 Å². The number of rotatable bonds is 3. The quantitative estimate of drug-likeness (QED) is 0.753. The number of thiazole rings is 1. The fraction of sp³-hybridized carbons (Fsp3) is 0.545. The fourth-order valence-corrected chi connectivity index (χ4v) is 2.84. The standard InChI is InChI=1S/C11H16N2S/c1-4-5-8(2)10-9(3)12-11-13(10)6-7-14-11/h6-8H,4-5H2,1-3H3. The van der Waals surface area contributed by atoms with Crippen molar-refractivity contribution < 1.29 is 0 Å². The van der Waals surface area contributed by atoms with Gasteiger partial charge in [-0.3, -0.25) is 4.40 Å². The summed E-state index contributed by atoms with van der Waals surface area (Å²) in [5.74, 6) is 0.615. The van der Waals surface area contributed by atoms with Gasteiger partial charge in [0.1, 0.15) is 0 Å². The summed E-state index contributed by atoms with van der Waals surface area (Å²) in [5.41, 5.74) is 2.58. The van der Waals surface area contributed by atoms with Crippen molar-refractivity contribution in [1.29, 1.82) is 0 Å². The van der Waals surface area contributed by atoms with Gasteiger partial charge in [-0.1, -0.05) is 20.3 Å². The van der Waals surface area contributed by atoms with Crippen LogP contribution in [0.5, 0.6) is 0 Å². The van der Waals surface area contributed by atoms with Crippen molar-refractivity contribution in [2.45, 2.75) is 39.5 Å². The summed E-state index contributed by atoms with van der Waals surface area (Å²) in [6, 6.07) is 0. The summed E-state index contributed by atoms with van der Waals surface area (Å²) >= 11 is 1.71. The van der Waals surface area contributed by atoms with Gasteiger partial charge in [-0.15, -0.1) is 11.3 Å². The van der Waals surface area contributed by atoms with Crippen molar-refractivity contribution in [3.8, 4) is 0 Å². The van der Waals surface area contributed by atoms with Gasteiger partial charge in [0, 0.05) is 17.3 Å². The van der Waals surface area contributed by atoms with E-state index in [-0.39, 0.29) is 0 Å². The van der Waals surface area contributed by atoms with Gasteiger partial charge in [0.05, 0.1) is 5.69 Å². The summed E-state index contributed by atoms with van der Waals surface area (Å²) in [6.45, 7) is 6.64. The highest BCUT2D eigenvalue weighted by Gasteiger charge is 2.14. The number of nitrogens with zero attached hydrogens (tertiary/aromatic N) is 2. The van der Waals surface area contributed by atoms with E-state index in [1.54, 1.807) is 11.3 Å². The minimum atomic E-state index is 0.615. The molecule has 2 heterocycles. The Balaban J connectivity index is 2.47. The maximum absolute atomic E-state index is 4.56. The molecule has 1 unspecified atom stereocenters. The molecule has 0 N–H and O–H groups in total. The van der Waals surface area contributed by atoms with Gasteiger partial charge < -0.3 is 0 Å². The van der Waals surface area contributed by atoms with Crippen molar-refractivity contribution in [3.05, 3.63) is 23.0 Å². The van der Waals surface area contributed by atoms with Crippen LogP contribution in [-0.4, -0.2) is 9.38 Å². The normalized spacial score (nSPS) is 13.6. The van der Waals surface area contributed by atoms with Crippen LogP contribution in [0.2, 0.25) is 0 Å². The largest absolute Gasteiger partial charge is 0.294 e. The molecule has 0 aliphatic heterocycles. The Morgan fingerprint density at radius 2 is 2.36 bits per heavy atom. The zero-order valence-corrected chi connectivity index (χ0v) is 9.77. The second-order valence-corrected chi connectivity index (χ2v) is 4.70. The van der Waals surface area contributed by atoms with Crippen molar-refractivity contribution in [2.24, 2.45) is 0 Å². The van der Waals surface area contributed by atoms with Crippen LogP contribution in [0, 0.1) is 6.92 Å². The first-order chi connectivity index (χ1) is 6.74. The second kappa shape index (κ2) is 3.73. The molecule has 0 spiro atoms. The third-order valence-corrected chi connectivity index (χ3v) is 3.43. The second-order valence-electron chi connectivity index (χ2n) is 3.83. The molecule has 0 saturated heterocycles. The highest BCUT2D eigenvalue weighted by Crippen LogP contribution is 2.26. The number of hydrogen-bond donors (Lipinski definition) is 0. The predicted octanol–water partition coefficient (Wildman–Crippen LogP) is 3.61. The summed E-state index contributed by atoms with van der Waals surface area (Å²) in [5, 5.41) is 2.10. The third-order valence-electron chi connectivity index (χ3n) is 2.67. The van der Waals surface area contributed by atoms with E-state index in [1.807, 2.05) is 0 Å². The monoisotopic (exact) mass is 208 g/mol.